The average molecular weight is 348 g/mol. The number of hydrogen-bond acceptors (Lipinski definition) is 6. The molecular weight excluding hydrogens is 338 g/mol. The van der Waals surface area contributed by atoms with Crippen LogP contribution in [0.3, 0.4) is 0 Å². The van der Waals surface area contributed by atoms with E-state index >= 15 is 0 Å². The minimum atomic E-state index is 0.00812. The van der Waals surface area contributed by atoms with Gasteiger partial charge in [0.05, 0.1) is 7.11 Å². The van der Waals surface area contributed by atoms with Crippen LogP contribution in [0.4, 0.5) is 0 Å². The van der Waals surface area contributed by atoms with E-state index in [1.165, 1.54) is 13.2 Å². The lowest BCUT2D eigenvalue weighted by Gasteiger charge is -2.03. The molecule has 2 aromatic heterocycles. The monoisotopic (exact) mass is 347 g/mol. The Hall–Kier alpha value is -2.41. The van der Waals surface area contributed by atoms with Gasteiger partial charge in [0.25, 0.3) is 5.89 Å². The van der Waals surface area contributed by atoms with Crippen molar-refractivity contribution in [3.05, 3.63) is 41.0 Å². The van der Waals surface area contributed by atoms with E-state index in [0.29, 0.717) is 28.7 Å². The van der Waals surface area contributed by atoms with Crippen LogP contribution in [0.1, 0.15) is 0 Å². The number of benzene rings is 1. The zero-order chi connectivity index (χ0) is 14.8. The first-order valence-corrected chi connectivity index (χ1v) is 6.80. The summed E-state index contributed by atoms with van der Waals surface area (Å²) in [5, 5.41) is 13.7. The van der Waals surface area contributed by atoms with Gasteiger partial charge in [-0.2, -0.15) is 4.98 Å². The first kappa shape index (κ1) is 13.6. The highest BCUT2D eigenvalue weighted by atomic mass is 79.9. The van der Waals surface area contributed by atoms with Gasteiger partial charge in [0.1, 0.15) is 5.69 Å². The molecule has 0 atom stereocenters. The molecule has 6 nitrogen and oxygen atoms in total. The van der Waals surface area contributed by atoms with Crippen molar-refractivity contribution in [3.8, 4) is 34.5 Å². The van der Waals surface area contributed by atoms with Gasteiger partial charge in [-0.05, 0) is 46.3 Å². The smallest absolute Gasteiger partial charge is 0.258 e. The van der Waals surface area contributed by atoms with Gasteiger partial charge in [0.2, 0.25) is 5.82 Å². The van der Waals surface area contributed by atoms with Crippen molar-refractivity contribution < 1.29 is 14.4 Å². The molecular formula is C14H10BrN3O3. The van der Waals surface area contributed by atoms with Gasteiger partial charge in [0.15, 0.2) is 11.5 Å². The fourth-order valence-electron chi connectivity index (χ4n) is 1.81. The van der Waals surface area contributed by atoms with Crippen LogP contribution in [0.25, 0.3) is 23.0 Å². The first-order chi connectivity index (χ1) is 10.2. The number of methoxy groups -OCH3 is 1. The highest BCUT2D eigenvalue weighted by molar-refractivity contribution is 9.10. The maximum absolute atomic E-state index is 9.79. The topological polar surface area (TPSA) is 81.3 Å². The molecule has 0 radical (unpaired) electrons. The Morgan fingerprint density at radius 1 is 1.29 bits per heavy atom. The Kier molecular flexibility index (Phi) is 3.57. The summed E-state index contributed by atoms with van der Waals surface area (Å²) in [4.78, 5) is 8.49. The van der Waals surface area contributed by atoms with Crippen LogP contribution in [-0.2, 0) is 0 Å². The molecule has 0 aliphatic rings. The van der Waals surface area contributed by atoms with E-state index in [1.807, 2.05) is 6.07 Å². The summed E-state index contributed by atoms with van der Waals surface area (Å²) in [6, 6.07) is 8.51. The molecule has 21 heavy (non-hydrogen) atoms. The lowest BCUT2D eigenvalue weighted by molar-refractivity contribution is 0.373. The van der Waals surface area contributed by atoms with Crippen LogP contribution in [0.2, 0.25) is 0 Å². The third-order valence-electron chi connectivity index (χ3n) is 2.82. The molecule has 0 fully saturated rings. The molecule has 0 unspecified atom stereocenters. The fourth-order valence-corrected chi connectivity index (χ4v) is 2.24. The summed E-state index contributed by atoms with van der Waals surface area (Å²) in [5.41, 5.74) is 1.18. The van der Waals surface area contributed by atoms with Gasteiger partial charge >= 0.3 is 0 Å². The lowest BCUT2D eigenvalue weighted by Crippen LogP contribution is -1.87. The molecule has 0 bridgehead atoms. The van der Waals surface area contributed by atoms with Gasteiger partial charge in [0, 0.05) is 16.2 Å². The van der Waals surface area contributed by atoms with Crippen LogP contribution in [0, 0.1) is 0 Å². The summed E-state index contributed by atoms with van der Waals surface area (Å²) in [5.74, 6) is 1.05. The molecule has 1 aromatic carbocycles. The number of nitrogens with zero attached hydrogens (tertiary/aromatic N) is 3. The Bertz CT molecular complexity index is 789. The third kappa shape index (κ3) is 2.59. The summed E-state index contributed by atoms with van der Waals surface area (Å²) in [6.45, 7) is 0. The number of aromatic nitrogens is 3. The van der Waals surface area contributed by atoms with E-state index in [1.54, 1.807) is 24.4 Å². The normalized spacial score (nSPS) is 10.6. The maximum Gasteiger partial charge on any atom is 0.258 e. The minimum absolute atomic E-state index is 0.00812. The van der Waals surface area contributed by atoms with Gasteiger partial charge in [-0.25, -0.2) is 0 Å². The minimum Gasteiger partial charge on any atom is -0.504 e. The number of phenols is 1. The molecule has 1 N–H and O–H groups in total. The van der Waals surface area contributed by atoms with Crippen molar-refractivity contribution in [2.24, 2.45) is 0 Å². The summed E-state index contributed by atoms with van der Waals surface area (Å²) >= 11 is 3.39. The highest BCUT2D eigenvalue weighted by Gasteiger charge is 2.15. The predicted molar refractivity (Wildman–Crippen MR) is 78.9 cm³/mol. The lowest BCUT2D eigenvalue weighted by atomic mass is 10.2. The molecule has 3 rings (SSSR count). The van der Waals surface area contributed by atoms with Crippen LogP contribution in [-0.4, -0.2) is 27.3 Å². The van der Waals surface area contributed by atoms with Gasteiger partial charge in [-0.1, -0.05) is 5.16 Å². The van der Waals surface area contributed by atoms with Crippen LogP contribution < -0.4 is 4.74 Å². The standard InChI is InChI=1S/C14H10BrN3O3/c1-20-11-5-4-8(7-10(11)19)14-17-13(18-21-14)12-9(15)3-2-6-16-12/h2-7,19H,1H3. The van der Waals surface area contributed by atoms with Crippen LogP contribution in [0.5, 0.6) is 11.5 Å². The van der Waals surface area contributed by atoms with Gasteiger partial charge in [-0.3, -0.25) is 4.98 Å². The molecule has 0 saturated heterocycles. The molecule has 2 heterocycles. The van der Waals surface area contributed by atoms with Gasteiger partial charge < -0.3 is 14.4 Å². The molecule has 7 heteroatoms. The molecule has 0 amide bonds. The van der Waals surface area contributed by atoms with Crippen molar-refractivity contribution in [1.82, 2.24) is 15.1 Å². The van der Waals surface area contributed by atoms with E-state index < -0.39 is 0 Å². The Morgan fingerprint density at radius 2 is 2.14 bits per heavy atom. The van der Waals surface area contributed by atoms with Crippen LogP contribution in [0.15, 0.2) is 45.5 Å². The SMILES string of the molecule is COc1ccc(-c2nc(-c3ncccc3Br)no2)cc1O. The second-order valence-corrected chi connectivity index (χ2v) is 5.00. The molecule has 0 aliphatic heterocycles. The number of phenolic OH excluding ortho intramolecular Hbond substituents is 1. The van der Waals surface area contributed by atoms with Crippen molar-refractivity contribution in [2.75, 3.05) is 7.11 Å². The van der Waals surface area contributed by atoms with Crippen molar-refractivity contribution in [1.29, 1.82) is 0 Å². The van der Waals surface area contributed by atoms with Crippen molar-refractivity contribution >= 4 is 15.9 Å². The highest BCUT2D eigenvalue weighted by Crippen LogP contribution is 2.32. The van der Waals surface area contributed by atoms with Gasteiger partial charge in [-0.15, -0.1) is 0 Å². The van der Waals surface area contributed by atoms with E-state index in [9.17, 15) is 5.11 Å². The molecule has 0 aliphatic carbocycles. The molecule has 106 valence electrons. The quantitative estimate of drug-likeness (QED) is 0.782. The number of halogens is 1. The Balaban J connectivity index is 1.99. The Morgan fingerprint density at radius 3 is 2.86 bits per heavy atom. The zero-order valence-corrected chi connectivity index (χ0v) is 12.5. The average Bonchev–Trinajstić information content (AvgIpc) is 2.97. The molecule has 0 spiro atoms. The third-order valence-corrected chi connectivity index (χ3v) is 3.46. The number of hydrogen-bond donors (Lipinski definition) is 1. The van der Waals surface area contributed by atoms with Crippen molar-refractivity contribution in [3.63, 3.8) is 0 Å². The second-order valence-electron chi connectivity index (χ2n) is 4.14. The molecule has 0 saturated carbocycles. The second kappa shape index (κ2) is 5.53. The summed E-state index contributed by atoms with van der Waals surface area (Å²) < 4.78 is 11.0. The van der Waals surface area contributed by atoms with E-state index in [0.717, 1.165) is 4.47 Å². The van der Waals surface area contributed by atoms with E-state index in [2.05, 4.69) is 31.1 Å². The van der Waals surface area contributed by atoms with Crippen LogP contribution >= 0.6 is 15.9 Å². The number of rotatable bonds is 3. The maximum atomic E-state index is 9.79. The zero-order valence-electron chi connectivity index (χ0n) is 10.9. The fraction of sp³-hybridized carbons (Fsp3) is 0.0714. The summed E-state index contributed by atoms with van der Waals surface area (Å²) in [7, 11) is 1.48. The molecule has 3 aromatic rings. The number of ether oxygens (including phenoxy) is 1. The number of aromatic hydroxyl groups is 1. The van der Waals surface area contributed by atoms with Crippen molar-refractivity contribution in [2.45, 2.75) is 0 Å². The predicted octanol–water partition coefficient (Wildman–Crippen LogP) is 3.28. The van der Waals surface area contributed by atoms with E-state index in [-0.39, 0.29) is 5.75 Å². The summed E-state index contributed by atoms with van der Waals surface area (Å²) in [6.07, 6.45) is 1.65. The number of pyridine rings is 1. The largest absolute Gasteiger partial charge is 0.504 e. The Labute approximate surface area is 128 Å². The first-order valence-electron chi connectivity index (χ1n) is 6.01. The van der Waals surface area contributed by atoms with E-state index in [4.69, 9.17) is 9.26 Å².